The van der Waals surface area contributed by atoms with Gasteiger partial charge in [-0.1, -0.05) is 84.2 Å². The van der Waals surface area contributed by atoms with Crippen LogP contribution >= 0.6 is 34.8 Å². The monoisotopic (exact) mass is 532 g/mol. The summed E-state index contributed by atoms with van der Waals surface area (Å²) in [5, 5.41) is 4.30. The lowest BCUT2D eigenvalue weighted by molar-refractivity contribution is -0.142. The van der Waals surface area contributed by atoms with Crippen LogP contribution in [-0.2, 0) is 22.6 Å². The first kappa shape index (κ1) is 26.9. The smallest absolute Gasteiger partial charge is 0.261 e. The second-order valence-corrected chi connectivity index (χ2v) is 9.29. The zero-order valence-electron chi connectivity index (χ0n) is 19.3. The van der Waals surface area contributed by atoms with Crippen molar-refractivity contribution in [1.82, 2.24) is 10.2 Å². The molecule has 0 unspecified atom stereocenters. The first-order chi connectivity index (χ1) is 16.9. The number of carbonyl (C=O) groups is 2. The van der Waals surface area contributed by atoms with E-state index in [0.717, 1.165) is 17.5 Å². The lowest BCUT2D eigenvalue weighted by Crippen LogP contribution is -2.51. The van der Waals surface area contributed by atoms with Gasteiger partial charge in [-0.25, -0.2) is 0 Å². The summed E-state index contributed by atoms with van der Waals surface area (Å²) in [4.78, 5) is 28.3. The Bertz CT molecular complexity index is 1120. The second kappa shape index (κ2) is 13.4. The second-order valence-electron chi connectivity index (χ2n) is 8.01. The van der Waals surface area contributed by atoms with Gasteiger partial charge in [-0.2, -0.15) is 0 Å². The van der Waals surface area contributed by atoms with E-state index in [1.54, 1.807) is 35.2 Å². The van der Waals surface area contributed by atoms with Gasteiger partial charge in [0.15, 0.2) is 6.61 Å². The SMILES string of the molecule is CCCNC(=O)[C@@H](Cc1ccccc1)N(Cc1ccc(Cl)cc1)C(=O)COc1ccc(Cl)cc1Cl. The maximum Gasteiger partial charge on any atom is 0.261 e. The molecule has 0 saturated heterocycles. The van der Waals surface area contributed by atoms with Gasteiger partial charge in [-0.15, -0.1) is 0 Å². The molecule has 3 aromatic carbocycles. The number of amides is 2. The van der Waals surface area contributed by atoms with Gasteiger partial charge in [-0.3, -0.25) is 9.59 Å². The molecule has 0 bridgehead atoms. The quantitative estimate of drug-likeness (QED) is 0.320. The number of hydrogen-bond donors (Lipinski definition) is 1. The summed E-state index contributed by atoms with van der Waals surface area (Å²) in [6, 6.07) is 20.8. The van der Waals surface area contributed by atoms with Crippen molar-refractivity contribution in [1.29, 1.82) is 0 Å². The van der Waals surface area contributed by atoms with Crippen LogP contribution in [0.3, 0.4) is 0 Å². The molecular weight excluding hydrogens is 507 g/mol. The molecule has 0 aliphatic rings. The van der Waals surface area contributed by atoms with Crippen molar-refractivity contribution in [3.05, 3.63) is 99.0 Å². The van der Waals surface area contributed by atoms with Crippen LogP contribution in [0.5, 0.6) is 5.75 Å². The normalized spacial score (nSPS) is 11.5. The summed E-state index contributed by atoms with van der Waals surface area (Å²) < 4.78 is 5.72. The lowest BCUT2D eigenvalue weighted by Gasteiger charge is -2.31. The number of nitrogens with zero attached hydrogens (tertiary/aromatic N) is 1. The molecule has 3 aromatic rings. The Morgan fingerprint density at radius 3 is 2.26 bits per heavy atom. The van der Waals surface area contributed by atoms with Crippen LogP contribution in [0.4, 0.5) is 0 Å². The molecular formula is C27H27Cl3N2O3. The van der Waals surface area contributed by atoms with Crippen LogP contribution in [0.2, 0.25) is 15.1 Å². The van der Waals surface area contributed by atoms with Crippen molar-refractivity contribution < 1.29 is 14.3 Å². The Labute approximate surface area is 220 Å². The number of carbonyl (C=O) groups excluding carboxylic acids is 2. The van der Waals surface area contributed by atoms with Crippen molar-refractivity contribution in [3.63, 3.8) is 0 Å². The Morgan fingerprint density at radius 2 is 1.60 bits per heavy atom. The number of nitrogens with one attached hydrogen (secondary N) is 1. The van der Waals surface area contributed by atoms with E-state index in [1.807, 2.05) is 49.4 Å². The molecule has 5 nitrogen and oxygen atoms in total. The van der Waals surface area contributed by atoms with E-state index in [9.17, 15) is 9.59 Å². The van der Waals surface area contributed by atoms with Gasteiger partial charge in [0.2, 0.25) is 5.91 Å². The highest BCUT2D eigenvalue weighted by atomic mass is 35.5. The van der Waals surface area contributed by atoms with Gasteiger partial charge in [-0.05, 0) is 47.9 Å². The van der Waals surface area contributed by atoms with Crippen LogP contribution in [0, 0.1) is 0 Å². The molecule has 1 atom stereocenters. The van der Waals surface area contributed by atoms with Crippen molar-refractivity contribution in [2.45, 2.75) is 32.4 Å². The Kier molecular flexibility index (Phi) is 10.3. The summed E-state index contributed by atoms with van der Waals surface area (Å²) in [6.07, 6.45) is 1.14. The molecule has 0 spiro atoms. The van der Waals surface area contributed by atoms with Gasteiger partial charge < -0.3 is 15.0 Å². The third-order valence-corrected chi connectivity index (χ3v) is 6.11. The minimum absolute atomic E-state index is 0.213. The van der Waals surface area contributed by atoms with Crippen LogP contribution in [-0.4, -0.2) is 35.9 Å². The third kappa shape index (κ3) is 8.17. The average Bonchev–Trinajstić information content (AvgIpc) is 2.85. The molecule has 184 valence electrons. The van der Waals surface area contributed by atoms with Crippen molar-refractivity contribution in [2.75, 3.05) is 13.2 Å². The number of hydrogen-bond acceptors (Lipinski definition) is 3. The van der Waals surface area contributed by atoms with Gasteiger partial charge in [0, 0.05) is 29.6 Å². The van der Waals surface area contributed by atoms with E-state index >= 15 is 0 Å². The van der Waals surface area contributed by atoms with Crippen molar-refractivity contribution in [3.8, 4) is 5.75 Å². The molecule has 2 amide bonds. The van der Waals surface area contributed by atoms with Gasteiger partial charge >= 0.3 is 0 Å². The average molecular weight is 534 g/mol. The first-order valence-corrected chi connectivity index (χ1v) is 12.4. The van der Waals surface area contributed by atoms with Crippen molar-refractivity contribution in [2.24, 2.45) is 0 Å². The molecule has 0 aliphatic carbocycles. The molecule has 1 N–H and O–H groups in total. The van der Waals surface area contributed by atoms with Gasteiger partial charge in [0.05, 0.1) is 5.02 Å². The molecule has 0 aliphatic heterocycles. The summed E-state index contributed by atoms with van der Waals surface area (Å²) >= 11 is 18.2. The van der Waals surface area contributed by atoms with Crippen molar-refractivity contribution >= 4 is 46.6 Å². The molecule has 3 rings (SSSR count). The van der Waals surface area contributed by atoms with E-state index in [-0.39, 0.29) is 25.0 Å². The van der Waals surface area contributed by atoms with E-state index < -0.39 is 6.04 Å². The lowest BCUT2D eigenvalue weighted by atomic mass is 10.0. The molecule has 0 radical (unpaired) electrons. The fraction of sp³-hybridized carbons (Fsp3) is 0.259. The predicted octanol–water partition coefficient (Wildman–Crippen LogP) is 6.19. The molecule has 35 heavy (non-hydrogen) atoms. The number of benzene rings is 3. The fourth-order valence-corrected chi connectivity index (χ4v) is 4.11. The van der Waals surface area contributed by atoms with Crippen LogP contribution in [0.1, 0.15) is 24.5 Å². The standard InChI is InChI=1S/C27H27Cl3N2O3/c1-2-14-31-27(34)24(15-19-6-4-3-5-7-19)32(17-20-8-10-21(28)11-9-20)26(33)18-35-25-13-12-22(29)16-23(25)30/h3-13,16,24H,2,14-15,17-18H2,1H3,(H,31,34)/t24-/m1/s1. The van der Waals surface area contributed by atoms with Gasteiger partial charge in [0.25, 0.3) is 5.91 Å². The third-order valence-electron chi connectivity index (χ3n) is 5.33. The van der Waals surface area contributed by atoms with E-state index in [0.29, 0.717) is 33.8 Å². The summed E-state index contributed by atoms with van der Waals surface area (Å²) in [5.41, 5.74) is 1.79. The fourth-order valence-electron chi connectivity index (χ4n) is 3.52. The van der Waals surface area contributed by atoms with Crippen LogP contribution in [0.15, 0.2) is 72.8 Å². The maximum absolute atomic E-state index is 13.5. The van der Waals surface area contributed by atoms with E-state index in [2.05, 4.69) is 5.32 Å². The topological polar surface area (TPSA) is 58.6 Å². The molecule has 0 aromatic heterocycles. The zero-order chi connectivity index (χ0) is 25.2. The van der Waals surface area contributed by atoms with E-state index in [4.69, 9.17) is 39.5 Å². The minimum Gasteiger partial charge on any atom is -0.482 e. The highest BCUT2D eigenvalue weighted by Gasteiger charge is 2.30. The van der Waals surface area contributed by atoms with Crippen LogP contribution in [0.25, 0.3) is 0 Å². The Balaban J connectivity index is 1.89. The number of ether oxygens (including phenoxy) is 1. The predicted molar refractivity (Wildman–Crippen MR) is 141 cm³/mol. The zero-order valence-corrected chi connectivity index (χ0v) is 21.6. The maximum atomic E-state index is 13.5. The molecule has 0 fully saturated rings. The summed E-state index contributed by atoms with van der Waals surface area (Å²) in [7, 11) is 0. The molecule has 0 heterocycles. The number of rotatable bonds is 11. The first-order valence-electron chi connectivity index (χ1n) is 11.3. The van der Waals surface area contributed by atoms with E-state index in [1.165, 1.54) is 0 Å². The summed E-state index contributed by atoms with van der Waals surface area (Å²) in [6.45, 7) is 2.42. The highest BCUT2D eigenvalue weighted by molar-refractivity contribution is 6.35. The highest BCUT2D eigenvalue weighted by Crippen LogP contribution is 2.27. The Hall–Kier alpha value is -2.73. The molecule has 0 saturated carbocycles. The Morgan fingerprint density at radius 1 is 0.914 bits per heavy atom. The van der Waals surface area contributed by atoms with Crippen LogP contribution < -0.4 is 10.1 Å². The van der Waals surface area contributed by atoms with Gasteiger partial charge in [0.1, 0.15) is 11.8 Å². The summed E-state index contributed by atoms with van der Waals surface area (Å²) in [5.74, 6) is -0.230. The largest absolute Gasteiger partial charge is 0.482 e. The minimum atomic E-state index is -0.739. The number of halogens is 3. The molecule has 8 heteroatoms.